The van der Waals surface area contributed by atoms with Gasteiger partial charge in [0, 0.05) is 4.47 Å². The predicted octanol–water partition coefficient (Wildman–Crippen LogP) is 0.821. The summed E-state index contributed by atoms with van der Waals surface area (Å²) in [6.45, 7) is 0. The third-order valence-electron chi connectivity index (χ3n) is 2.47. The van der Waals surface area contributed by atoms with E-state index in [1.54, 1.807) is 6.08 Å². The molecule has 0 radical (unpaired) electrons. The van der Waals surface area contributed by atoms with E-state index in [0.717, 1.165) is 32.1 Å². The summed E-state index contributed by atoms with van der Waals surface area (Å²) in [6, 6.07) is 7.56. The molecule has 0 N–H and O–H groups in total. The van der Waals surface area contributed by atoms with Gasteiger partial charge < -0.3 is 0 Å². The molecule has 0 aliphatic carbocycles. The third-order valence-corrected chi connectivity index (χ3v) is 4.15. The lowest BCUT2D eigenvalue weighted by molar-refractivity contribution is 0.866. The zero-order valence-electron chi connectivity index (χ0n) is 9.41. The number of thiazole rings is 1. The van der Waals surface area contributed by atoms with Crippen LogP contribution >= 0.6 is 27.3 Å². The molecule has 94 valence electrons. The topological polar surface area (TPSA) is 64.3 Å². The molecule has 0 saturated heterocycles. The maximum Gasteiger partial charge on any atom is 0.292 e. The first kappa shape index (κ1) is 12.2. The van der Waals surface area contributed by atoms with Gasteiger partial charge in [-0.05, 0) is 17.7 Å². The van der Waals surface area contributed by atoms with Crippen molar-refractivity contribution in [2.45, 2.75) is 0 Å². The van der Waals surface area contributed by atoms with Crippen molar-refractivity contribution >= 4 is 38.3 Å². The zero-order chi connectivity index (χ0) is 13.4. The van der Waals surface area contributed by atoms with Crippen molar-refractivity contribution in [2.75, 3.05) is 0 Å². The molecule has 0 aliphatic rings. The maximum absolute atomic E-state index is 12.1. The van der Waals surface area contributed by atoms with Crippen molar-refractivity contribution < 1.29 is 0 Å². The molecule has 0 atom stereocenters. The molecule has 3 rings (SSSR count). The van der Waals surface area contributed by atoms with Crippen LogP contribution < -0.4 is 15.7 Å². The highest BCUT2D eigenvalue weighted by atomic mass is 79.9. The monoisotopic (exact) mass is 335 g/mol. The maximum atomic E-state index is 12.1. The lowest BCUT2D eigenvalue weighted by atomic mass is 10.2. The number of hydrogen-bond acceptors (Lipinski definition) is 5. The SMILES string of the molecule is O=c1cnn2c(=O)c(=Cc3ccccc3Br)sc2n1. The first-order chi connectivity index (χ1) is 9.15. The highest BCUT2D eigenvalue weighted by Gasteiger charge is 2.05. The molecule has 2 aromatic heterocycles. The van der Waals surface area contributed by atoms with Crippen LogP contribution in [0.25, 0.3) is 11.0 Å². The van der Waals surface area contributed by atoms with Crippen LogP contribution in [-0.4, -0.2) is 14.6 Å². The Balaban J connectivity index is 2.32. The van der Waals surface area contributed by atoms with Crippen LogP contribution in [0.15, 0.2) is 44.5 Å². The van der Waals surface area contributed by atoms with E-state index in [-0.39, 0.29) is 5.56 Å². The highest BCUT2D eigenvalue weighted by molar-refractivity contribution is 9.10. The molecule has 0 fully saturated rings. The van der Waals surface area contributed by atoms with E-state index in [1.165, 1.54) is 0 Å². The van der Waals surface area contributed by atoms with Gasteiger partial charge in [-0.15, -0.1) is 0 Å². The van der Waals surface area contributed by atoms with Gasteiger partial charge in [-0.1, -0.05) is 45.5 Å². The standard InChI is InChI=1S/C12H6BrN3O2S/c13-8-4-2-1-3-7(8)5-9-11(18)16-12(19-9)15-10(17)6-14-16/h1-6H. The smallest absolute Gasteiger partial charge is 0.266 e. The van der Waals surface area contributed by atoms with Gasteiger partial charge in [0.25, 0.3) is 11.1 Å². The summed E-state index contributed by atoms with van der Waals surface area (Å²) >= 11 is 4.56. The van der Waals surface area contributed by atoms with Crippen molar-refractivity contribution in [3.05, 3.63) is 65.7 Å². The second kappa shape index (κ2) is 4.67. The van der Waals surface area contributed by atoms with E-state index in [2.05, 4.69) is 26.0 Å². The molecule has 5 nitrogen and oxygen atoms in total. The summed E-state index contributed by atoms with van der Waals surface area (Å²) in [4.78, 5) is 27.2. The molecule has 3 aromatic rings. The predicted molar refractivity (Wildman–Crippen MR) is 76.3 cm³/mol. The van der Waals surface area contributed by atoms with E-state index in [4.69, 9.17) is 0 Å². The summed E-state index contributed by atoms with van der Waals surface area (Å²) < 4.78 is 2.51. The first-order valence-corrected chi connectivity index (χ1v) is 6.91. The molecule has 7 heteroatoms. The Morgan fingerprint density at radius 2 is 2.05 bits per heavy atom. The van der Waals surface area contributed by atoms with Crippen LogP contribution in [0.5, 0.6) is 0 Å². The average Bonchev–Trinajstić information content (AvgIpc) is 2.68. The van der Waals surface area contributed by atoms with Gasteiger partial charge >= 0.3 is 0 Å². The molecule has 1 aromatic carbocycles. The summed E-state index contributed by atoms with van der Waals surface area (Å²) in [5, 5.41) is 3.77. The summed E-state index contributed by atoms with van der Waals surface area (Å²) in [5.74, 6) is 0. The minimum absolute atomic E-state index is 0.275. The van der Waals surface area contributed by atoms with E-state index in [1.807, 2.05) is 24.3 Å². The fourth-order valence-corrected chi connectivity index (χ4v) is 2.91. The summed E-state index contributed by atoms with van der Waals surface area (Å²) in [5.41, 5.74) is 0.158. The molecule has 2 heterocycles. The van der Waals surface area contributed by atoms with Gasteiger partial charge in [-0.2, -0.15) is 14.6 Å². The molecular weight excluding hydrogens is 330 g/mol. The van der Waals surface area contributed by atoms with Crippen molar-refractivity contribution in [2.24, 2.45) is 0 Å². The number of nitrogens with zero attached hydrogens (tertiary/aromatic N) is 3. The van der Waals surface area contributed by atoms with Gasteiger partial charge in [0.1, 0.15) is 6.20 Å². The average molecular weight is 336 g/mol. The number of fused-ring (bicyclic) bond motifs is 1. The van der Waals surface area contributed by atoms with Crippen LogP contribution in [0.1, 0.15) is 5.56 Å². The van der Waals surface area contributed by atoms with Crippen molar-refractivity contribution in [3.8, 4) is 0 Å². The molecular formula is C12H6BrN3O2S. The van der Waals surface area contributed by atoms with Crippen LogP contribution in [0.3, 0.4) is 0 Å². The Bertz CT molecular complexity index is 932. The van der Waals surface area contributed by atoms with Crippen molar-refractivity contribution in [1.82, 2.24) is 14.6 Å². The summed E-state index contributed by atoms with van der Waals surface area (Å²) in [7, 11) is 0. The number of halogens is 1. The molecule has 0 bridgehead atoms. The van der Waals surface area contributed by atoms with Gasteiger partial charge in [0.05, 0.1) is 4.53 Å². The minimum Gasteiger partial charge on any atom is -0.266 e. The van der Waals surface area contributed by atoms with E-state index >= 15 is 0 Å². The van der Waals surface area contributed by atoms with Gasteiger partial charge in [0.15, 0.2) is 0 Å². The fraction of sp³-hybridized carbons (Fsp3) is 0. The summed E-state index contributed by atoms with van der Waals surface area (Å²) in [6.07, 6.45) is 2.78. The highest BCUT2D eigenvalue weighted by Crippen LogP contribution is 2.16. The van der Waals surface area contributed by atoms with Crippen LogP contribution in [0.2, 0.25) is 0 Å². The van der Waals surface area contributed by atoms with Crippen LogP contribution in [-0.2, 0) is 0 Å². The molecule has 0 aliphatic heterocycles. The van der Waals surface area contributed by atoms with E-state index < -0.39 is 5.56 Å². The first-order valence-electron chi connectivity index (χ1n) is 5.30. The largest absolute Gasteiger partial charge is 0.292 e. The number of rotatable bonds is 1. The quantitative estimate of drug-likeness (QED) is 0.660. The zero-order valence-corrected chi connectivity index (χ0v) is 11.8. The van der Waals surface area contributed by atoms with Gasteiger partial charge in [0.2, 0.25) is 4.96 Å². The Morgan fingerprint density at radius 3 is 2.84 bits per heavy atom. The minimum atomic E-state index is -0.450. The Labute approximate surface area is 119 Å². The molecule has 19 heavy (non-hydrogen) atoms. The molecule has 0 spiro atoms. The lowest BCUT2D eigenvalue weighted by Crippen LogP contribution is -2.25. The Kier molecular flexibility index (Phi) is 3.00. The lowest BCUT2D eigenvalue weighted by Gasteiger charge is -1.94. The number of benzene rings is 1. The van der Waals surface area contributed by atoms with Crippen LogP contribution in [0.4, 0.5) is 0 Å². The van der Waals surface area contributed by atoms with Crippen LogP contribution in [0, 0.1) is 0 Å². The van der Waals surface area contributed by atoms with E-state index in [0.29, 0.717) is 9.49 Å². The van der Waals surface area contributed by atoms with Gasteiger partial charge in [-0.25, -0.2) is 0 Å². The third kappa shape index (κ3) is 2.22. The van der Waals surface area contributed by atoms with Crippen molar-refractivity contribution in [3.63, 3.8) is 0 Å². The number of aromatic nitrogens is 3. The molecule has 0 unspecified atom stereocenters. The fourth-order valence-electron chi connectivity index (χ4n) is 1.60. The normalized spacial score (nSPS) is 12.2. The molecule has 0 amide bonds. The second-order valence-corrected chi connectivity index (χ2v) is 5.59. The Morgan fingerprint density at radius 1 is 1.26 bits per heavy atom. The Hall–Kier alpha value is -1.86. The number of hydrogen-bond donors (Lipinski definition) is 0. The second-order valence-electron chi connectivity index (χ2n) is 3.73. The van der Waals surface area contributed by atoms with Crippen molar-refractivity contribution in [1.29, 1.82) is 0 Å². The molecule has 0 saturated carbocycles. The van der Waals surface area contributed by atoms with E-state index in [9.17, 15) is 9.59 Å². The van der Waals surface area contributed by atoms with Gasteiger partial charge in [-0.3, -0.25) is 9.59 Å².